The lowest BCUT2D eigenvalue weighted by Crippen LogP contribution is -2.23. The smallest absolute Gasteiger partial charge is 0.304 e. The molecule has 1 unspecified atom stereocenters. The molecule has 0 aliphatic heterocycles. The predicted molar refractivity (Wildman–Crippen MR) is 73.7 cm³/mol. The SMILES string of the molecule is CC(C)(C)c1ccc2c(c1)C(=O)CC2(C)CC(=O)O. The first-order valence-corrected chi connectivity index (χ1v) is 6.53. The van der Waals surface area contributed by atoms with Gasteiger partial charge in [-0.2, -0.15) is 0 Å². The summed E-state index contributed by atoms with van der Waals surface area (Å²) in [6, 6.07) is 5.88. The van der Waals surface area contributed by atoms with Gasteiger partial charge in [-0.3, -0.25) is 9.59 Å². The highest BCUT2D eigenvalue weighted by atomic mass is 16.4. The van der Waals surface area contributed by atoms with Crippen LogP contribution in [0.2, 0.25) is 0 Å². The number of hydrogen-bond acceptors (Lipinski definition) is 2. The summed E-state index contributed by atoms with van der Waals surface area (Å²) in [7, 11) is 0. The van der Waals surface area contributed by atoms with E-state index in [1.165, 1.54) is 0 Å². The minimum Gasteiger partial charge on any atom is -0.481 e. The van der Waals surface area contributed by atoms with Gasteiger partial charge >= 0.3 is 5.97 Å². The third-order valence-electron chi connectivity index (χ3n) is 3.93. The normalized spacial score (nSPS) is 22.4. The van der Waals surface area contributed by atoms with Crippen molar-refractivity contribution in [1.29, 1.82) is 0 Å². The molecule has 0 amide bonds. The van der Waals surface area contributed by atoms with E-state index in [2.05, 4.69) is 20.8 Å². The molecule has 0 saturated carbocycles. The van der Waals surface area contributed by atoms with Crippen molar-refractivity contribution in [2.24, 2.45) is 0 Å². The highest BCUT2D eigenvalue weighted by Crippen LogP contribution is 2.42. The van der Waals surface area contributed by atoms with Gasteiger partial charge in [0.1, 0.15) is 0 Å². The number of ketones is 1. The molecule has 19 heavy (non-hydrogen) atoms. The molecule has 102 valence electrons. The zero-order valence-electron chi connectivity index (χ0n) is 11.9. The van der Waals surface area contributed by atoms with Crippen molar-refractivity contribution in [3.05, 3.63) is 34.9 Å². The van der Waals surface area contributed by atoms with Gasteiger partial charge in [0.2, 0.25) is 0 Å². The first-order chi connectivity index (χ1) is 8.63. The van der Waals surface area contributed by atoms with Crippen LogP contribution in [0.4, 0.5) is 0 Å². The minimum atomic E-state index is -0.858. The first kappa shape index (κ1) is 13.8. The Morgan fingerprint density at radius 3 is 2.53 bits per heavy atom. The zero-order chi connectivity index (χ0) is 14.4. The standard InChI is InChI=1S/C16H20O3/c1-15(2,3)10-5-6-12-11(7-10)13(17)8-16(12,4)9-14(18)19/h5-7H,8-9H2,1-4H3,(H,18,19). The number of aliphatic carboxylic acids is 1. The molecule has 3 heteroatoms. The molecule has 1 aromatic rings. The van der Waals surface area contributed by atoms with Crippen molar-refractivity contribution in [2.45, 2.75) is 51.4 Å². The van der Waals surface area contributed by atoms with Gasteiger partial charge in [-0.1, -0.05) is 39.8 Å². The van der Waals surface area contributed by atoms with Crippen molar-refractivity contribution in [3.8, 4) is 0 Å². The molecule has 1 aliphatic carbocycles. The highest BCUT2D eigenvalue weighted by Gasteiger charge is 2.41. The minimum absolute atomic E-state index is 0.000600. The van der Waals surface area contributed by atoms with Crippen LogP contribution < -0.4 is 0 Å². The van der Waals surface area contributed by atoms with Gasteiger partial charge in [0, 0.05) is 17.4 Å². The predicted octanol–water partition coefficient (Wildman–Crippen LogP) is 3.30. The number of Topliss-reactive ketones (excluding diaryl/α,β-unsaturated/α-hetero) is 1. The Labute approximate surface area is 113 Å². The Balaban J connectivity index is 2.50. The highest BCUT2D eigenvalue weighted by molar-refractivity contribution is 6.03. The maximum Gasteiger partial charge on any atom is 0.304 e. The maximum absolute atomic E-state index is 12.1. The van der Waals surface area contributed by atoms with Gasteiger partial charge in [-0.25, -0.2) is 0 Å². The lowest BCUT2D eigenvalue weighted by atomic mass is 9.79. The number of fused-ring (bicyclic) bond motifs is 1. The first-order valence-electron chi connectivity index (χ1n) is 6.53. The number of rotatable bonds is 2. The van der Waals surface area contributed by atoms with Crippen molar-refractivity contribution < 1.29 is 14.7 Å². The van der Waals surface area contributed by atoms with Gasteiger partial charge in [-0.15, -0.1) is 0 Å². The average molecular weight is 260 g/mol. The molecule has 1 aliphatic rings. The fourth-order valence-electron chi connectivity index (χ4n) is 2.80. The number of carbonyl (C=O) groups excluding carboxylic acids is 1. The maximum atomic E-state index is 12.1. The van der Waals surface area contributed by atoms with Crippen molar-refractivity contribution in [2.75, 3.05) is 0 Å². The number of carboxylic acid groups (broad SMARTS) is 1. The molecule has 0 aromatic heterocycles. The van der Waals surface area contributed by atoms with E-state index in [-0.39, 0.29) is 17.6 Å². The largest absolute Gasteiger partial charge is 0.481 e. The van der Waals surface area contributed by atoms with Crippen LogP contribution in [0.1, 0.15) is 62.0 Å². The van der Waals surface area contributed by atoms with Crippen LogP contribution >= 0.6 is 0 Å². The molecule has 0 fully saturated rings. The van der Waals surface area contributed by atoms with Crippen LogP contribution in [0.3, 0.4) is 0 Å². The van der Waals surface area contributed by atoms with E-state index in [0.29, 0.717) is 12.0 Å². The van der Waals surface area contributed by atoms with E-state index >= 15 is 0 Å². The van der Waals surface area contributed by atoms with Crippen molar-refractivity contribution in [3.63, 3.8) is 0 Å². The van der Waals surface area contributed by atoms with E-state index in [1.54, 1.807) is 0 Å². The molecule has 0 bridgehead atoms. The monoisotopic (exact) mass is 260 g/mol. The molecular formula is C16H20O3. The summed E-state index contributed by atoms with van der Waals surface area (Å²) in [6.45, 7) is 8.17. The molecule has 0 spiro atoms. The Kier molecular flexibility index (Phi) is 3.04. The molecule has 3 nitrogen and oxygen atoms in total. The molecule has 1 N–H and O–H groups in total. The summed E-state index contributed by atoms with van der Waals surface area (Å²) in [5.41, 5.74) is 2.12. The Morgan fingerprint density at radius 2 is 2.00 bits per heavy atom. The van der Waals surface area contributed by atoms with Crippen LogP contribution in [0.15, 0.2) is 18.2 Å². The summed E-state index contributed by atoms with van der Waals surface area (Å²) in [5, 5.41) is 9.02. The Hall–Kier alpha value is -1.64. The van der Waals surface area contributed by atoms with Crippen LogP contribution in [0.25, 0.3) is 0 Å². The molecule has 0 saturated heterocycles. The molecule has 1 atom stereocenters. The van der Waals surface area contributed by atoms with Gasteiger partial charge in [0.05, 0.1) is 6.42 Å². The number of carboxylic acids is 1. The quantitative estimate of drug-likeness (QED) is 0.887. The van der Waals surface area contributed by atoms with Crippen LogP contribution in [-0.4, -0.2) is 16.9 Å². The number of benzene rings is 1. The van der Waals surface area contributed by atoms with Gasteiger partial charge in [-0.05, 0) is 22.6 Å². The topological polar surface area (TPSA) is 54.4 Å². The van der Waals surface area contributed by atoms with E-state index in [1.807, 2.05) is 25.1 Å². The zero-order valence-corrected chi connectivity index (χ0v) is 11.9. The summed E-state index contributed by atoms with van der Waals surface area (Å²) in [6.07, 6.45) is 0.294. The summed E-state index contributed by atoms with van der Waals surface area (Å²) in [5.74, 6) is -0.798. The second-order valence-corrected chi connectivity index (χ2v) is 6.74. The third-order valence-corrected chi connectivity index (χ3v) is 3.93. The average Bonchev–Trinajstić information content (AvgIpc) is 2.48. The van der Waals surface area contributed by atoms with Crippen LogP contribution in [0.5, 0.6) is 0 Å². The van der Waals surface area contributed by atoms with Crippen molar-refractivity contribution in [1.82, 2.24) is 0 Å². The molecular weight excluding hydrogens is 240 g/mol. The number of hydrogen-bond donors (Lipinski definition) is 1. The third kappa shape index (κ3) is 2.42. The number of carbonyl (C=O) groups is 2. The van der Waals surface area contributed by atoms with Gasteiger partial charge < -0.3 is 5.11 Å². The van der Waals surface area contributed by atoms with E-state index in [0.717, 1.165) is 11.1 Å². The Morgan fingerprint density at radius 1 is 1.37 bits per heavy atom. The molecule has 0 heterocycles. The second kappa shape index (κ2) is 4.19. The second-order valence-electron chi connectivity index (χ2n) is 6.74. The Bertz CT molecular complexity index is 552. The molecule has 2 rings (SSSR count). The van der Waals surface area contributed by atoms with E-state index in [4.69, 9.17) is 5.11 Å². The van der Waals surface area contributed by atoms with Crippen molar-refractivity contribution >= 4 is 11.8 Å². The summed E-state index contributed by atoms with van der Waals surface area (Å²) >= 11 is 0. The van der Waals surface area contributed by atoms with Gasteiger partial charge in [0.15, 0.2) is 5.78 Å². The van der Waals surface area contributed by atoms with Gasteiger partial charge in [0.25, 0.3) is 0 Å². The van der Waals surface area contributed by atoms with E-state index < -0.39 is 11.4 Å². The van der Waals surface area contributed by atoms with Crippen LogP contribution in [-0.2, 0) is 15.6 Å². The fraction of sp³-hybridized carbons (Fsp3) is 0.500. The lowest BCUT2D eigenvalue weighted by molar-refractivity contribution is -0.138. The van der Waals surface area contributed by atoms with Crippen LogP contribution in [0, 0.1) is 0 Å². The molecule has 1 aromatic carbocycles. The fourth-order valence-corrected chi connectivity index (χ4v) is 2.80. The lowest BCUT2D eigenvalue weighted by Gasteiger charge is -2.24. The summed E-state index contributed by atoms with van der Waals surface area (Å²) in [4.78, 5) is 23.1. The van der Waals surface area contributed by atoms with E-state index in [9.17, 15) is 9.59 Å². The molecule has 0 radical (unpaired) electrons. The summed E-state index contributed by atoms with van der Waals surface area (Å²) < 4.78 is 0.